The number of nitrogens with two attached hydrogens (primary N) is 1. The molecule has 0 spiro atoms. The van der Waals surface area contributed by atoms with E-state index in [1.807, 2.05) is 0 Å². The van der Waals surface area contributed by atoms with E-state index in [0.29, 0.717) is 28.7 Å². The van der Waals surface area contributed by atoms with Gasteiger partial charge in [-0.25, -0.2) is 8.42 Å². The third-order valence-electron chi connectivity index (χ3n) is 3.49. The second-order valence-electron chi connectivity index (χ2n) is 4.71. The quantitative estimate of drug-likeness (QED) is 0.810. The van der Waals surface area contributed by atoms with Crippen LogP contribution in [0.15, 0.2) is 21.5 Å². The van der Waals surface area contributed by atoms with Crippen molar-refractivity contribution in [3.8, 4) is 0 Å². The summed E-state index contributed by atoms with van der Waals surface area (Å²) >= 11 is 3.27. The monoisotopic (exact) mass is 348 g/mol. The highest BCUT2D eigenvalue weighted by molar-refractivity contribution is 9.10. The summed E-state index contributed by atoms with van der Waals surface area (Å²) in [4.78, 5) is 0.208. The zero-order valence-electron chi connectivity index (χ0n) is 10.6. The molecular weight excluding hydrogens is 332 g/mol. The van der Waals surface area contributed by atoms with Gasteiger partial charge in [-0.1, -0.05) is 15.9 Å². The number of hydrogen-bond acceptors (Lipinski definition) is 4. The fourth-order valence-corrected chi connectivity index (χ4v) is 4.97. The highest BCUT2D eigenvalue weighted by Gasteiger charge is 2.36. The molecule has 0 saturated carbocycles. The zero-order chi connectivity index (χ0) is 14.2. The molecule has 106 valence electrons. The SMILES string of the molecule is Cc1c(N)cc(Br)cc1S(=O)(=O)N1CCC[C@H]1CO. The van der Waals surface area contributed by atoms with Gasteiger partial charge in [0.05, 0.1) is 11.5 Å². The molecule has 1 heterocycles. The first kappa shape index (κ1) is 14.8. The minimum absolute atomic E-state index is 0.151. The molecule has 1 fully saturated rings. The third-order valence-corrected chi connectivity index (χ3v) is 6.02. The van der Waals surface area contributed by atoms with Crippen molar-refractivity contribution in [2.45, 2.75) is 30.7 Å². The Morgan fingerprint density at radius 1 is 1.53 bits per heavy atom. The number of nitrogens with zero attached hydrogens (tertiary/aromatic N) is 1. The number of halogens is 1. The van der Waals surface area contributed by atoms with E-state index in [4.69, 9.17) is 5.73 Å². The molecule has 0 aromatic heterocycles. The van der Waals surface area contributed by atoms with Crippen molar-refractivity contribution in [3.05, 3.63) is 22.2 Å². The second-order valence-corrected chi connectivity index (χ2v) is 7.49. The Balaban J connectivity index is 2.51. The van der Waals surface area contributed by atoms with Crippen LogP contribution in [-0.2, 0) is 10.0 Å². The van der Waals surface area contributed by atoms with E-state index in [2.05, 4.69) is 15.9 Å². The number of rotatable bonds is 3. The molecule has 0 aliphatic carbocycles. The van der Waals surface area contributed by atoms with Gasteiger partial charge < -0.3 is 10.8 Å². The molecule has 0 bridgehead atoms. The topological polar surface area (TPSA) is 83.6 Å². The predicted molar refractivity (Wildman–Crippen MR) is 77.3 cm³/mol. The Bertz CT molecular complexity index is 589. The highest BCUT2D eigenvalue weighted by Crippen LogP contribution is 2.32. The van der Waals surface area contributed by atoms with Crippen LogP contribution in [0.5, 0.6) is 0 Å². The number of hydrogen-bond donors (Lipinski definition) is 2. The smallest absolute Gasteiger partial charge is 0.243 e. The Kier molecular flexibility index (Phi) is 4.20. The van der Waals surface area contributed by atoms with Gasteiger partial charge in [-0.2, -0.15) is 4.31 Å². The third kappa shape index (κ3) is 2.65. The van der Waals surface area contributed by atoms with Crippen molar-refractivity contribution in [1.29, 1.82) is 0 Å². The molecule has 3 N–H and O–H groups in total. The van der Waals surface area contributed by atoms with Crippen molar-refractivity contribution in [2.75, 3.05) is 18.9 Å². The first-order chi connectivity index (χ1) is 8.87. The maximum absolute atomic E-state index is 12.7. The minimum Gasteiger partial charge on any atom is -0.398 e. The maximum atomic E-state index is 12.7. The molecule has 1 saturated heterocycles. The van der Waals surface area contributed by atoms with E-state index in [1.165, 1.54) is 4.31 Å². The summed E-state index contributed by atoms with van der Waals surface area (Å²) < 4.78 is 27.3. The lowest BCUT2D eigenvalue weighted by Crippen LogP contribution is -2.37. The Morgan fingerprint density at radius 2 is 2.21 bits per heavy atom. The van der Waals surface area contributed by atoms with Crippen LogP contribution in [0.2, 0.25) is 0 Å². The summed E-state index contributed by atoms with van der Waals surface area (Å²) in [6.45, 7) is 1.99. The second kappa shape index (κ2) is 5.40. The van der Waals surface area contributed by atoms with Crippen molar-refractivity contribution in [3.63, 3.8) is 0 Å². The highest BCUT2D eigenvalue weighted by atomic mass is 79.9. The van der Waals surface area contributed by atoms with Crippen LogP contribution >= 0.6 is 15.9 Å². The number of anilines is 1. The molecule has 7 heteroatoms. The normalized spacial score (nSPS) is 20.9. The number of sulfonamides is 1. The van der Waals surface area contributed by atoms with Gasteiger partial charge in [0, 0.05) is 22.7 Å². The van der Waals surface area contributed by atoms with Crippen molar-refractivity contribution >= 4 is 31.6 Å². The Morgan fingerprint density at radius 3 is 2.84 bits per heavy atom. The molecule has 1 atom stereocenters. The van der Waals surface area contributed by atoms with Crippen LogP contribution < -0.4 is 5.73 Å². The summed E-state index contributed by atoms with van der Waals surface area (Å²) in [6, 6.07) is 2.92. The molecule has 19 heavy (non-hydrogen) atoms. The van der Waals surface area contributed by atoms with Crippen LogP contribution in [0.25, 0.3) is 0 Å². The van der Waals surface area contributed by atoms with Gasteiger partial charge in [0.15, 0.2) is 0 Å². The van der Waals surface area contributed by atoms with Crippen LogP contribution in [0, 0.1) is 6.92 Å². The summed E-state index contributed by atoms with van der Waals surface area (Å²) in [6.07, 6.45) is 1.46. The van der Waals surface area contributed by atoms with Gasteiger partial charge in [0.2, 0.25) is 10.0 Å². The minimum atomic E-state index is -3.61. The lowest BCUT2D eigenvalue weighted by atomic mass is 10.2. The standard InChI is InChI=1S/C12H17BrN2O3S/c1-8-11(14)5-9(13)6-12(8)19(17,18)15-4-2-3-10(15)7-16/h5-6,10,16H,2-4,7,14H2,1H3/t10-/m0/s1. The van der Waals surface area contributed by atoms with Crippen LogP contribution in [-0.4, -0.2) is 37.0 Å². The van der Waals surface area contributed by atoms with Crippen LogP contribution in [0.1, 0.15) is 18.4 Å². The van der Waals surface area contributed by atoms with E-state index in [0.717, 1.165) is 6.42 Å². The van der Waals surface area contributed by atoms with E-state index in [-0.39, 0.29) is 17.5 Å². The summed E-state index contributed by atoms with van der Waals surface area (Å²) in [5.41, 5.74) is 6.81. The molecule has 2 rings (SSSR count). The van der Waals surface area contributed by atoms with Crippen LogP contribution in [0.3, 0.4) is 0 Å². The van der Waals surface area contributed by atoms with Gasteiger partial charge in [-0.05, 0) is 37.5 Å². The molecule has 1 aliphatic rings. The molecule has 1 aromatic rings. The fourth-order valence-electron chi connectivity index (χ4n) is 2.38. The molecule has 0 amide bonds. The van der Waals surface area contributed by atoms with Gasteiger partial charge in [0.25, 0.3) is 0 Å². The molecule has 1 aliphatic heterocycles. The summed E-state index contributed by atoms with van der Waals surface area (Å²) in [5.74, 6) is 0. The van der Waals surface area contributed by atoms with E-state index >= 15 is 0 Å². The fraction of sp³-hybridized carbons (Fsp3) is 0.500. The van der Waals surface area contributed by atoms with Gasteiger partial charge in [0.1, 0.15) is 0 Å². The molecular formula is C12H17BrN2O3S. The van der Waals surface area contributed by atoms with E-state index < -0.39 is 10.0 Å². The predicted octanol–water partition coefficient (Wildman–Crippen LogP) is 1.49. The first-order valence-electron chi connectivity index (χ1n) is 6.06. The number of aliphatic hydroxyl groups excluding tert-OH is 1. The first-order valence-corrected chi connectivity index (χ1v) is 8.29. The average molecular weight is 349 g/mol. The number of aliphatic hydroxyl groups is 1. The zero-order valence-corrected chi connectivity index (χ0v) is 13.0. The largest absolute Gasteiger partial charge is 0.398 e. The van der Waals surface area contributed by atoms with Crippen LogP contribution in [0.4, 0.5) is 5.69 Å². The summed E-state index contributed by atoms with van der Waals surface area (Å²) in [7, 11) is -3.61. The lowest BCUT2D eigenvalue weighted by molar-refractivity contribution is 0.213. The maximum Gasteiger partial charge on any atom is 0.243 e. The van der Waals surface area contributed by atoms with Crippen molar-refractivity contribution in [2.24, 2.45) is 0 Å². The Labute approximate surface area is 121 Å². The lowest BCUT2D eigenvalue weighted by Gasteiger charge is -2.23. The van der Waals surface area contributed by atoms with E-state index in [1.54, 1.807) is 19.1 Å². The Hall–Kier alpha value is -0.630. The van der Waals surface area contributed by atoms with Gasteiger partial charge in [-0.3, -0.25) is 0 Å². The van der Waals surface area contributed by atoms with Crippen molar-refractivity contribution < 1.29 is 13.5 Å². The van der Waals surface area contributed by atoms with Gasteiger partial charge in [-0.15, -0.1) is 0 Å². The molecule has 0 unspecified atom stereocenters. The van der Waals surface area contributed by atoms with Crippen molar-refractivity contribution in [1.82, 2.24) is 4.31 Å². The van der Waals surface area contributed by atoms with Gasteiger partial charge >= 0.3 is 0 Å². The number of benzene rings is 1. The molecule has 1 aromatic carbocycles. The molecule has 5 nitrogen and oxygen atoms in total. The summed E-state index contributed by atoms with van der Waals surface area (Å²) in [5, 5.41) is 9.29. The average Bonchev–Trinajstić information content (AvgIpc) is 2.82. The molecule has 0 radical (unpaired) electrons. The van der Waals surface area contributed by atoms with E-state index in [9.17, 15) is 13.5 Å². The number of nitrogen functional groups attached to an aromatic ring is 1.